The van der Waals surface area contributed by atoms with Crippen LogP contribution in [0.5, 0.6) is 0 Å². The van der Waals surface area contributed by atoms with Gasteiger partial charge in [0.15, 0.2) is 0 Å². The second-order valence-electron chi connectivity index (χ2n) is 19.2. The molecule has 0 amide bonds. The van der Waals surface area contributed by atoms with Gasteiger partial charge in [0.05, 0.1) is 0 Å². The van der Waals surface area contributed by atoms with E-state index < -0.39 is 16.2 Å². The van der Waals surface area contributed by atoms with E-state index in [9.17, 15) is 19.2 Å². The summed E-state index contributed by atoms with van der Waals surface area (Å²) in [6.07, 6.45) is 29.0. The second kappa shape index (κ2) is 22.6. The van der Waals surface area contributed by atoms with Gasteiger partial charge in [0.25, 0.3) is 0 Å². The van der Waals surface area contributed by atoms with Crippen molar-refractivity contribution in [2.24, 2.45) is 5.92 Å². The molecule has 0 radical (unpaired) electrons. The number of Topliss-reactive ketones (excluding diaryl/α,β-unsaturated/α-hetero) is 4. The van der Waals surface area contributed by atoms with Gasteiger partial charge in [-0.25, -0.2) is 24.9 Å². The fourth-order valence-corrected chi connectivity index (χ4v) is 8.13. The maximum atomic E-state index is 12.2. The average Bonchev–Trinajstić information content (AvgIpc) is 4.21. The second-order valence-corrected chi connectivity index (χ2v) is 20.1. The van der Waals surface area contributed by atoms with E-state index in [1.807, 2.05) is 207 Å². The van der Waals surface area contributed by atoms with Crippen molar-refractivity contribution in [3.05, 3.63) is 180 Å². The van der Waals surface area contributed by atoms with Gasteiger partial charge in [-0.3, -0.25) is 19.2 Å². The van der Waals surface area contributed by atoms with E-state index in [1.165, 1.54) is 0 Å². The van der Waals surface area contributed by atoms with Crippen molar-refractivity contribution in [1.82, 2.24) is 46.9 Å². The first-order valence-corrected chi connectivity index (χ1v) is 24.3. The molecule has 0 unspecified atom stereocenters. The number of hydrogen-bond donors (Lipinski definition) is 0. The summed E-state index contributed by atoms with van der Waals surface area (Å²) in [5.74, 6) is 0.895. The van der Waals surface area contributed by atoms with Crippen LogP contribution in [0.15, 0.2) is 158 Å². The first-order chi connectivity index (χ1) is 33.6. The Morgan fingerprint density at radius 2 is 0.845 bits per heavy atom. The Morgan fingerprint density at radius 3 is 1.23 bits per heavy atom. The summed E-state index contributed by atoms with van der Waals surface area (Å²) in [6, 6.07) is 19.7. The molecule has 0 bridgehead atoms. The van der Waals surface area contributed by atoms with Crippen molar-refractivity contribution in [3.8, 4) is 0 Å². The molecule has 10 rings (SSSR count). The number of carbonyl (C=O) groups is 4. The molecule has 368 valence electrons. The Labute approximate surface area is 423 Å². The van der Waals surface area contributed by atoms with Gasteiger partial charge in [-0.15, -0.1) is 0 Å². The minimum absolute atomic E-state index is 0.0426. The van der Waals surface area contributed by atoms with Crippen molar-refractivity contribution in [3.63, 3.8) is 0 Å². The van der Waals surface area contributed by atoms with E-state index in [0.717, 1.165) is 55.0 Å². The summed E-state index contributed by atoms with van der Waals surface area (Å²) in [7, 11) is 0. The summed E-state index contributed by atoms with van der Waals surface area (Å²) >= 11 is 3.36. The van der Waals surface area contributed by atoms with Gasteiger partial charge in [0.1, 0.15) is 51.4 Å². The number of aromatic nitrogens is 10. The molecule has 0 fully saturated rings. The number of pyridine rings is 5. The number of fused-ring (bicyclic) bond motifs is 5. The molecule has 10 aromatic heterocycles. The van der Waals surface area contributed by atoms with Crippen LogP contribution in [0.2, 0.25) is 0 Å². The molecule has 0 spiro atoms. The quantitative estimate of drug-likeness (QED) is 0.130. The molecule has 0 aliphatic heterocycles. The van der Waals surface area contributed by atoms with Gasteiger partial charge in [0.2, 0.25) is 0 Å². The SMILES string of the molecule is Brc1ccn2ccnc2c1.CC(=O)C(C)(C)c1ccn2ccnc2c1.CC(=O)Cc1ccn2ccnc2c1.CC(C)C(=O)C(C)(C)c1ccn2ccnc2c1.CCC(=O)C(C)(C)c1ccn2ccnc2c1. The zero-order chi connectivity index (χ0) is 51.7. The summed E-state index contributed by atoms with van der Waals surface area (Å²) in [5.41, 5.74) is 7.25. The highest BCUT2D eigenvalue weighted by molar-refractivity contribution is 9.10. The summed E-state index contributed by atoms with van der Waals surface area (Å²) in [5, 5.41) is 0. The predicted octanol–water partition coefficient (Wildman–Crippen LogP) is 11.2. The van der Waals surface area contributed by atoms with Crippen molar-refractivity contribution in [2.75, 3.05) is 0 Å². The lowest BCUT2D eigenvalue weighted by molar-refractivity contribution is -0.126. The van der Waals surface area contributed by atoms with Gasteiger partial charge in [-0.2, -0.15) is 0 Å². The molecule has 0 aliphatic carbocycles. The van der Waals surface area contributed by atoms with E-state index in [1.54, 1.807) is 44.8 Å². The van der Waals surface area contributed by atoms with Crippen LogP contribution in [0.4, 0.5) is 0 Å². The smallest absolute Gasteiger partial charge is 0.145 e. The van der Waals surface area contributed by atoms with Crippen LogP contribution in [0.1, 0.15) is 105 Å². The fraction of sp³-hybridized carbons (Fsp3) is 0.304. The van der Waals surface area contributed by atoms with E-state index in [2.05, 4.69) is 40.8 Å². The van der Waals surface area contributed by atoms with Crippen LogP contribution >= 0.6 is 15.9 Å². The molecule has 0 atom stereocenters. The molecule has 0 saturated heterocycles. The Morgan fingerprint density at radius 1 is 0.493 bits per heavy atom. The number of imidazole rings is 5. The van der Waals surface area contributed by atoms with Crippen molar-refractivity contribution < 1.29 is 19.2 Å². The molecule has 14 nitrogen and oxygen atoms in total. The molecular formula is C56H63BrN10O4. The van der Waals surface area contributed by atoms with Crippen molar-refractivity contribution in [1.29, 1.82) is 0 Å². The summed E-state index contributed by atoms with van der Waals surface area (Å²) in [4.78, 5) is 67.4. The molecule has 0 aliphatic rings. The van der Waals surface area contributed by atoms with Gasteiger partial charge in [0, 0.05) is 132 Å². The molecule has 0 saturated carbocycles. The molecular weight excluding hydrogens is 957 g/mol. The van der Waals surface area contributed by atoms with E-state index in [-0.39, 0.29) is 29.1 Å². The maximum absolute atomic E-state index is 12.2. The van der Waals surface area contributed by atoms with E-state index in [4.69, 9.17) is 0 Å². The standard InChI is InChI=1S/C14H18N2O.C13H16N2O.C12H14N2O.C10H10N2O.C7H5BrN2/c1-10(2)13(17)14(3,4)11-5-7-16-8-6-15-12(16)9-11;1-4-11(16)13(2,3)10-5-7-15-8-6-14-12(15)9-10;1-9(15)12(2,3)10-4-6-14-7-5-13-11(14)8-10;1-8(13)6-9-2-4-12-5-3-11-10(12)7-9;8-6-1-3-10-4-2-9-7(10)5-6/h5-10H,1-4H3;5-9H,4H2,1-3H3;4-8H,1-3H3;2-5,7H,6H2,1H3;1-5H. The molecule has 10 heterocycles. The van der Waals surface area contributed by atoms with Gasteiger partial charge >= 0.3 is 0 Å². The molecule has 10 aromatic rings. The van der Waals surface area contributed by atoms with Gasteiger partial charge in [-0.05, 0) is 138 Å². The van der Waals surface area contributed by atoms with Gasteiger partial charge < -0.3 is 22.0 Å². The van der Waals surface area contributed by atoms with Crippen molar-refractivity contribution in [2.45, 2.75) is 105 Å². The lowest BCUT2D eigenvalue weighted by Crippen LogP contribution is -2.32. The van der Waals surface area contributed by atoms with E-state index >= 15 is 0 Å². The number of nitrogens with zero attached hydrogens (tertiary/aromatic N) is 10. The molecule has 15 heteroatoms. The first kappa shape index (κ1) is 53.0. The molecule has 0 aromatic carbocycles. The average molecular weight is 1020 g/mol. The Kier molecular flexibility index (Phi) is 16.8. The Bertz CT molecular complexity index is 3440. The number of halogens is 1. The number of carbonyl (C=O) groups excluding carboxylic acids is 4. The number of rotatable bonds is 10. The zero-order valence-corrected chi connectivity index (χ0v) is 44.0. The third-order valence-electron chi connectivity index (χ3n) is 12.7. The molecule has 71 heavy (non-hydrogen) atoms. The lowest BCUT2D eigenvalue weighted by atomic mass is 9.77. The van der Waals surface area contributed by atoms with Crippen LogP contribution in [-0.4, -0.2) is 70.1 Å². The van der Waals surface area contributed by atoms with Crippen LogP contribution in [-0.2, 0) is 41.8 Å². The lowest BCUT2D eigenvalue weighted by Gasteiger charge is -2.25. The third kappa shape index (κ3) is 12.9. The topological polar surface area (TPSA) is 155 Å². The van der Waals surface area contributed by atoms with Crippen LogP contribution in [0, 0.1) is 5.92 Å². The predicted molar refractivity (Wildman–Crippen MR) is 283 cm³/mol. The Balaban J connectivity index is 0.000000147. The number of ketones is 4. The largest absolute Gasteiger partial charge is 0.307 e. The minimum atomic E-state index is -0.456. The van der Waals surface area contributed by atoms with Crippen LogP contribution in [0.3, 0.4) is 0 Å². The normalized spacial score (nSPS) is 11.6. The first-order valence-electron chi connectivity index (χ1n) is 23.5. The maximum Gasteiger partial charge on any atom is 0.145 e. The highest BCUT2D eigenvalue weighted by Crippen LogP contribution is 2.29. The summed E-state index contributed by atoms with van der Waals surface area (Å²) < 4.78 is 10.8. The minimum Gasteiger partial charge on any atom is -0.307 e. The van der Waals surface area contributed by atoms with Crippen molar-refractivity contribution >= 4 is 67.3 Å². The highest BCUT2D eigenvalue weighted by Gasteiger charge is 2.32. The third-order valence-corrected chi connectivity index (χ3v) is 13.2. The summed E-state index contributed by atoms with van der Waals surface area (Å²) in [6.45, 7) is 20.8. The van der Waals surface area contributed by atoms with Crippen LogP contribution < -0.4 is 0 Å². The Hall–Kier alpha value is -7.39. The number of hydrogen-bond acceptors (Lipinski definition) is 9. The zero-order valence-electron chi connectivity index (χ0n) is 42.4. The molecule has 0 N–H and O–H groups in total. The van der Waals surface area contributed by atoms with Gasteiger partial charge in [-0.1, -0.05) is 36.7 Å². The van der Waals surface area contributed by atoms with E-state index in [0.29, 0.717) is 12.8 Å². The van der Waals surface area contributed by atoms with Crippen LogP contribution in [0.25, 0.3) is 28.2 Å². The highest BCUT2D eigenvalue weighted by atomic mass is 79.9. The fourth-order valence-electron chi connectivity index (χ4n) is 7.80. The monoisotopic (exact) mass is 1020 g/mol.